The summed E-state index contributed by atoms with van der Waals surface area (Å²) in [5.74, 6) is 0.777. The summed E-state index contributed by atoms with van der Waals surface area (Å²) in [6.45, 7) is 1.27. The van der Waals surface area contributed by atoms with Crippen LogP contribution in [0.4, 0.5) is 0 Å². The molecule has 2 heterocycles. The molecule has 1 aliphatic heterocycles. The topological polar surface area (TPSA) is 55.2 Å². The number of carbonyl (C=O) groups excluding carboxylic acids is 1. The van der Waals surface area contributed by atoms with Crippen LogP contribution < -0.4 is 5.56 Å². The highest BCUT2D eigenvalue weighted by molar-refractivity contribution is 5.97. The second-order valence-electron chi connectivity index (χ2n) is 7.53. The molecule has 5 nitrogen and oxygen atoms in total. The molecule has 3 aromatic rings. The number of carbonyl (C=O) groups is 1. The number of fused-ring (bicyclic) bond motifs is 2. The molecule has 0 fully saturated rings. The number of amides is 1. The highest BCUT2D eigenvalue weighted by Gasteiger charge is 2.16. The van der Waals surface area contributed by atoms with E-state index < -0.39 is 0 Å². The average molecular weight is 375 g/mol. The Labute approximate surface area is 164 Å². The van der Waals surface area contributed by atoms with Gasteiger partial charge in [-0.25, -0.2) is 4.98 Å². The molecule has 0 unspecified atom stereocenters. The molecule has 0 radical (unpaired) electrons. The smallest absolute Gasteiger partial charge is 0.261 e. The van der Waals surface area contributed by atoms with Gasteiger partial charge in [-0.1, -0.05) is 43.2 Å². The molecule has 5 heteroatoms. The van der Waals surface area contributed by atoms with Crippen LogP contribution in [-0.4, -0.2) is 27.4 Å². The van der Waals surface area contributed by atoms with E-state index in [0.717, 1.165) is 43.6 Å². The number of hydrogen-bond donors (Lipinski definition) is 0. The molecule has 2 aromatic carbocycles. The number of nitrogens with zero attached hydrogens (tertiary/aromatic N) is 3. The maximum absolute atomic E-state index is 12.9. The molecule has 0 saturated heterocycles. The normalized spacial score (nSPS) is 14.2. The molecular formula is C23H25N3O2. The molecule has 1 amide bonds. The van der Waals surface area contributed by atoms with E-state index >= 15 is 0 Å². The third-order valence-corrected chi connectivity index (χ3v) is 5.42. The highest BCUT2D eigenvalue weighted by Crippen LogP contribution is 2.17. The Bertz CT molecular complexity index is 1060. The van der Waals surface area contributed by atoms with Crippen molar-refractivity contribution in [2.24, 2.45) is 0 Å². The Morgan fingerprint density at radius 3 is 2.68 bits per heavy atom. The van der Waals surface area contributed by atoms with E-state index in [9.17, 15) is 9.59 Å². The fourth-order valence-corrected chi connectivity index (χ4v) is 3.88. The SMILES string of the molecule is CN(Cc1ccccc1)C(=O)c1ccc2c(=O)n3c(nc2c1)CCCCCC3. The highest BCUT2D eigenvalue weighted by atomic mass is 16.2. The zero-order chi connectivity index (χ0) is 19.5. The number of rotatable bonds is 3. The van der Waals surface area contributed by atoms with E-state index in [1.54, 1.807) is 30.1 Å². The first-order chi connectivity index (χ1) is 13.6. The van der Waals surface area contributed by atoms with E-state index in [-0.39, 0.29) is 11.5 Å². The maximum atomic E-state index is 12.9. The molecule has 1 aromatic heterocycles. The predicted molar refractivity (Wildman–Crippen MR) is 110 cm³/mol. The van der Waals surface area contributed by atoms with E-state index in [1.165, 1.54) is 6.42 Å². The van der Waals surface area contributed by atoms with E-state index in [2.05, 4.69) is 0 Å². The zero-order valence-electron chi connectivity index (χ0n) is 16.2. The van der Waals surface area contributed by atoms with Gasteiger partial charge in [0.25, 0.3) is 11.5 Å². The van der Waals surface area contributed by atoms with Gasteiger partial charge in [-0.3, -0.25) is 14.2 Å². The van der Waals surface area contributed by atoms with Gasteiger partial charge in [0.2, 0.25) is 0 Å². The minimum Gasteiger partial charge on any atom is -0.337 e. The standard InChI is InChI=1S/C23H25N3O2/c1-25(16-17-9-5-4-6-10-17)22(27)18-12-13-19-20(15-18)24-21-11-7-2-3-8-14-26(21)23(19)28/h4-6,9-10,12-13,15H,2-3,7-8,11,14,16H2,1H3. The van der Waals surface area contributed by atoms with Gasteiger partial charge in [0.05, 0.1) is 10.9 Å². The Hall–Kier alpha value is -2.95. The van der Waals surface area contributed by atoms with E-state index in [0.29, 0.717) is 23.0 Å². The Kier molecular flexibility index (Phi) is 5.24. The molecule has 0 N–H and O–H groups in total. The van der Waals surface area contributed by atoms with Crippen molar-refractivity contribution >= 4 is 16.8 Å². The van der Waals surface area contributed by atoms with Crippen LogP contribution in [0.1, 0.15) is 47.4 Å². The molecule has 0 bridgehead atoms. The lowest BCUT2D eigenvalue weighted by atomic mass is 10.1. The second-order valence-corrected chi connectivity index (χ2v) is 7.53. The fourth-order valence-electron chi connectivity index (χ4n) is 3.88. The van der Waals surface area contributed by atoms with Crippen LogP contribution in [0.25, 0.3) is 10.9 Å². The van der Waals surface area contributed by atoms with Gasteiger partial charge in [0.15, 0.2) is 0 Å². The third kappa shape index (κ3) is 3.70. The van der Waals surface area contributed by atoms with E-state index in [4.69, 9.17) is 4.98 Å². The number of benzene rings is 2. The summed E-state index contributed by atoms with van der Waals surface area (Å²) in [5.41, 5.74) is 2.28. The zero-order valence-corrected chi connectivity index (χ0v) is 16.2. The first kappa shape index (κ1) is 18.4. The van der Waals surface area contributed by atoms with Crippen LogP contribution in [0.2, 0.25) is 0 Å². The Morgan fingerprint density at radius 1 is 1.07 bits per heavy atom. The van der Waals surface area contributed by atoms with Crippen molar-refractivity contribution in [3.8, 4) is 0 Å². The molecule has 0 atom stereocenters. The summed E-state index contributed by atoms with van der Waals surface area (Å²) < 4.78 is 1.82. The van der Waals surface area contributed by atoms with Crippen LogP contribution >= 0.6 is 0 Å². The van der Waals surface area contributed by atoms with Gasteiger partial charge in [-0.05, 0) is 36.6 Å². The monoisotopic (exact) mass is 375 g/mol. The molecule has 0 saturated carbocycles. The summed E-state index contributed by atoms with van der Waals surface area (Å²) in [5, 5.41) is 0.589. The summed E-state index contributed by atoms with van der Waals surface area (Å²) in [6, 6.07) is 15.2. The fraction of sp³-hybridized carbons (Fsp3) is 0.348. The molecule has 1 aliphatic rings. The molecule has 0 spiro atoms. The lowest BCUT2D eigenvalue weighted by Crippen LogP contribution is -2.28. The van der Waals surface area contributed by atoms with Crippen LogP contribution in [0.5, 0.6) is 0 Å². The molecular weight excluding hydrogens is 350 g/mol. The first-order valence-electron chi connectivity index (χ1n) is 9.96. The largest absolute Gasteiger partial charge is 0.337 e. The maximum Gasteiger partial charge on any atom is 0.261 e. The van der Waals surface area contributed by atoms with Crippen LogP contribution in [0.15, 0.2) is 53.3 Å². The van der Waals surface area contributed by atoms with Gasteiger partial charge < -0.3 is 4.90 Å². The van der Waals surface area contributed by atoms with Gasteiger partial charge in [0, 0.05) is 32.1 Å². The van der Waals surface area contributed by atoms with Gasteiger partial charge in [0.1, 0.15) is 5.82 Å². The molecule has 28 heavy (non-hydrogen) atoms. The minimum absolute atomic E-state index is 0.0125. The number of aromatic nitrogens is 2. The molecule has 144 valence electrons. The quantitative estimate of drug-likeness (QED) is 0.700. The van der Waals surface area contributed by atoms with Crippen molar-refractivity contribution in [2.75, 3.05) is 7.05 Å². The minimum atomic E-state index is -0.0700. The van der Waals surface area contributed by atoms with Crippen molar-refractivity contribution in [3.63, 3.8) is 0 Å². The van der Waals surface area contributed by atoms with Crippen LogP contribution in [0.3, 0.4) is 0 Å². The van der Waals surface area contributed by atoms with E-state index in [1.807, 2.05) is 34.9 Å². The number of hydrogen-bond acceptors (Lipinski definition) is 3. The van der Waals surface area contributed by atoms with Crippen molar-refractivity contribution in [1.82, 2.24) is 14.5 Å². The lowest BCUT2D eigenvalue weighted by molar-refractivity contribution is 0.0785. The number of aryl methyl sites for hydroxylation is 1. The second kappa shape index (κ2) is 7.97. The first-order valence-corrected chi connectivity index (χ1v) is 9.96. The Morgan fingerprint density at radius 2 is 1.86 bits per heavy atom. The van der Waals surface area contributed by atoms with Crippen LogP contribution in [0, 0.1) is 0 Å². The van der Waals surface area contributed by atoms with Crippen molar-refractivity contribution in [3.05, 3.63) is 75.8 Å². The van der Waals surface area contributed by atoms with Crippen molar-refractivity contribution in [1.29, 1.82) is 0 Å². The predicted octanol–water partition coefficient (Wildman–Crippen LogP) is 3.79. The van der Waals surface area contributed by atoms with Crippen LogP contribution in [-0.2, 0) is 19.5 Å². The summed E-state index contributed by atoms with van der Waals surface area (Å²) in [7, 11) is 1.79. The van der Waals surface area contributed by atoms with Gasteiger partial charge in [-0.2, -0.15) is 0 Å². The van der Waals surface area contributed by atoms with Gasteiger partial charge >= 0.3 is 0 Å². The molecule has 0 aliphatic carbocycles. The summed E-state index contributed by atoms with van der Waals surface area (Å²) in [6.07, 6.45) is 5.22. The lowest BCUT2D eigenvalue weighted by Gasteiger charge is -2.18. The average Bonchev–Trinajstić information content (AvgIpc) is 2.69. The summed E-state index contributed by atoms with van der Waals surface area (Å²) >= 11 is 0. The van der Waals surface area contributed by atoms with Crippen molar-refractivity contribution in [2.45, 2.75) is 45.2 Å². The third-order valence-electron chi connectivity index (χ3n) is 5.42. The van der Waals surface area contributed by atoms with Gasteiger partial charge in [-0.15, -0.1) is 0 Å². The van der Waals surface area contributed by atoms with Crippen molar-refractivity contribution < 1.29 is 4.79 Å². The summed E-state index contributed by atoms with van der Waals surface area (Å²) in [4.78, 5) is 32.3. The Balaban J connectivity index is 1.66. The molecule has 4 rings (SSSR count).